The maximum Gasteiger partial charge on any atom is 0.252 e. The van der Waals surface area contributed by atoms with E-state index in [2.05, 4.69) is 25.7 Å². The molecule has 0 spiro atoms. The Hall–Kier alpha value is -2.77. The van der Waals surface area contributed by atoms with Gasteiger partial charge in [-0.2, -0.15) is 5.10 Å². The monoisotopic (exact) mass is 354 g/mol. The van der Waals surface area contributed by atoms with Gasteiger partial charge in [0.05, 0.1) is 0 Å². The maximum absolute atomic E-state index is 12.8. The number of nitrogens with one attached hydrogen (secondary N) is 2. The van der Waals surface area contributed by atoms with E-state index in [1.807, 2.05) is 0 Å². The number of aromatic nitrogens is 4. The predicted molar refractivity (Wildman–Crippen MR) is 93.6 cm³/mol. The van der Waals surface area contributed by atoms with Gasteiger partial charge in [-0.15, -0.1) is 0 Å². The molecule has 0 atom stereocenters. The van der Waals surface area contributed by atoms with Gasteiger partial charge in [0.2, 0.25) is 5.91 Å². The number of amides is 2. The smallest absolute Gasteiger partial charge is 0.252 e. The number of carbonyl (C=O) groups is 2. The van der Waals surface area contributed by atoms with Crippen molar-refractivity contribution in [2.45, 2.75) is 44.1 Å². The number of pyridine rings is 1. The van der Waals surface area contributed by atoms with E-state index in [4.69, 9.17) is 0 Å². The first-order chi connectivity index (χ1) is 12.7. The zero-order chi connectivity index (χ0) is 18.0. The van der Waals surface area contributed by atoms with Gasteiger partial charge in [-0.3, -0.25) is 9.59 Å². The van der Waals surface area contributed by atoms with Crippen molar-refractivity contribution in [1.29, 1.82) is 0 Å². The highest BCUT2D eigenvalue weighted by molar-refractivity contribution is 5.99. The van der Waals surface area contributed by atoms with Crippen LogP contribution in [-0.2, 0) is 4.79 Å². The first-order valence-corrected chi connectivity index (χ1v) is 9.08. The molecule has 136 valence electrons. The first kappa shape index (κ1) is 16.7. The standard InChI is InChI=1S/C18H22N6O2/c25-16(14-5-8-20-15(9-14)24-12-19-11-22-24)23-18(6-1-2-7-18)17(26)21-10-13-3-4-13/h5,8-9,11-13H,1-4,6-7,10H2,(H,21,26)(H,23,25). The molecular weight excluding hydrogens is 332 g/mol. The predicted octanol–water partition coefficient (Wildman–Crippen LogP) is 1.23. The van der Waals surface area contributed by atoms with Crippen LogP contribution in [0.5, 0.6) is 0 Å². The van der Waals surface area contributed by atoms with E-state index in [1.54, 1.807) is 18.3 Å². The molecule has 2 amide bonds. The normalized spacial score (nSPS) is 18.5. The van der Waals surface area contributed by atoms with Gasteiger partial charge in [0.1, 0.15) is 18.2 Å². The lowest BCUT2D eigenvalue weighted by molar-refractivity contribution is -0.127. The van der Waals surface area contributed by atoms with Crippen molar-refractivity contribution in [1.82, 2.24) is 30.4 Å². The third kappa shape index (κ3) is 3.44. The highest BCUT2D eigenvalue weighted by atomic mass is 16.2. The number of carbonyl (C=O) groups excluding carboxylic acids is 2. The second kappa shape index (κ2) is 6.86. The lowest BCUT2D eigenvalue weighted by Gasteiger charge is -2.29. The van der Waals surface area contributed by atoms with Crippen LogP contribution >= 0.6 is 0 Å². The zero-order valence-electron chi connectivity index (χ0n) is 14.5. The van der Waals surface area contributed by atoms with E-state index in [-0.39, 0.29) is 11.8 Å². The van der Waals surface area contributed by atoms with Gasteiger partial charge in [0.25, 0.3) is 5.91 Å². The summed E-state index contributed by atoms with van der Waals surface area (Å²) in [5, 5.41) is 10.1. The van der Waals surface area contributed by atoms with Gasteiger partial charge >= 0.3 is 0 Å². The Morgan fingerprint density at radius 2 is 2.08 bits per heavy atom. The summed E-state index contributed by atoms with van der Waals surface area (Å²) in [6, 6.07) is 3.29. The molecule has 8 heteroatoms. The fourth-order valence-corrected chi connectivity index (χ4v) is 3.42. The maximum atomic E-state index is 12.8. The molecule has 26 heavy (non-hydrogen) atoms. The van der Waals surface area contributed by atoms with Crippen molar-refractivity contribution in [2.75, 3.05) is 6.54 Å². The van der Waals surface area contributed by atoms with Crippen molar-refractivity contribution < 1.29 is 9.59 Å². The summed E-state index contributed by atoms with van der Waals surface area (Å²) in [7, 11) is 0. The first-order valence-electron chi connectivity index (χ1n) is 9.08. The van der Waals surface area contributed by atoms with E-state index in [0.717, 1.165) is 12.8 Å². The molecule has 0 aromatic carbocycles. The lowest BCUT2D eigenvalue weighted by atomic mass is 9.95. The largest absolute Gasteiger partial charge is 0.354 e. The molecule has 2 aromatic heterocycles. The molecule has 2 fully saturated rings. The highest BCUT2D eigenvalue weighted by Crippen LogP contribution is 2.32. The fourth-order valence-electron chi connectivity index (χ4n) is 3.42. The summed E-state index contributed by atoms with van der Waals surface area (Å²) in [5.41, 5.74) is -0.352. The average Bonchev–Trinajstić information content (AvgIpc) is 3.12. The topological polar surface area (TPSA) is 102 Å². The SMILES string of the molecule is O=C(NC1(C(=O)NCC2CC2)CCCC1)c1ccnc(-n2cncn2)c1. The molecule has 0 saturated heterocycles. The summed E-state index contributed by atoms with van der Waals surface area (Å²) < 4.78 is 1.49. The Bertz CT molecular complexity index is 794. The second-order valence-electron chi connectivity index (χ2n) is 7.14. The van der Waals surface area contributed by atoms with Gasteiger partial charge in [-0.05, 0) is 43.7 Å². The number of hydrogen-bond acceptors (Lipinski definition) is 5. The van der Waals surface area contributed by atoms with Crippen LogP contribution in [0, 0.1) is 5.92 Å². The Morgan fingerprint density at radius 1 is 1.27 bits per heavy atom. The summed E-state index contributed by atoms with van der Waals surface area (Å²) in [4.78, 5) is 33.7. The van der Waals surface area contributed by atoms with Crippen LogP contribution in [0.3, 0.4) is 0 Å². The fraction of sp³-hybridized carbons (Fsp3) is 0.500. The van der Waals surface area contributed by atoms with Crippen molar-refractivity contribution >= 4 is 11.8 Å². The molecular formula is C18H22N6O2. The number of nitrogens with zero attached hydrogens (tertiary/aromatic N) is 4. The molecule has 0 bridgehead atoms. The van der Waals surface area contributed by atoms with Crippen LogP contribution < -0.4 is 10.6 Å². The molecule has 0 aliphatic heterocycles. The molecule has 8 nitrogen and oxygen atoms in total. The van der Waals surface area contributed by atoms with Crippen molar-refractivity contribution in [3.63, 3.8) is 0 Å². The van der Waals surface area contributed by atoms with Crippen molar-refractivity contribution in [3.05, 3.63) is 36.5 Å². The molecule has 2 aromatic rings. The van der Waals surface area contributed by atoms with Gasteiger partial charge in [-0.1, -0.05) is 12.8 Å². The van der Waals surface area contributed by atoms with Crippen LogP contribution in [0.1, 0.15) is 48.9 Å². The van der Waals surface area contributed by atoms with Crippen LogP contribution in [0.25, 0.3) is 5.82 Å². The third-order valence-electron chi connectivity index (χ3n) is 5.15. The summed E-state index contributed by atoms with van der Waals surface area (Å²) in [5.74, 6) is 0.797. The minimum Gasteiger partial charge on any atom is -0.354 e. The average molecular weight is 354 g/mol. The van der Waals surface area contributed by atoms with Crippen LogP contribution in [0.4, 0.5) is 0 Å². The molecule has 2 aliphatic rings. The van der Waals surface area contributed by atoms with Crippen LogP contribution in [-0.4, -0.2) is 43.6 Å². The summed E-state index contributed by atoms with van der Waals surface area (Å²) >= 11 is 0. The second-order valence-corrected chi connectivity index (χ2v) is 7.14. The highest BCUT2D eigenvalue weighted by Gasteiger charge is 2.43. The Labute approximate surface area is 151 Å². The molecule has 4 rings (SSSR count). The summed E-state index contributed by atoms with van der Waals surface area (Å²) in [6.45, 7) is 0.710. The minimum absolute atomic E-state index is 0.0548. The van der Waals surface area contributed by atoms with E-state index in [0.29, 0.717) is 36.7 Å². The van der Waals surface area contributed by atoms with Gasteiger partial charge in [0, 0.05) is 18.3 Å². The van der Waals surface area contributed by atoms with Gasteiger partial charge < -0.3 is 10.6 Å². The van der Waals surface area contributed by atoms with E-state index >= 15 is 0 Å². The quantitative estimate of drug-likeness (QED) is 0.812. The summed E-state index contributed by atoms with van der Waals surface area (Å²) in [6.07, 6.45) is 10.1. The zero-order valence-corrected chi connectivity index (χ0v) is 14.5. The number of hydrogen-bond donors (Lipinski definition) is 2. The lowest BCUT2D eigenvalue weighted by Crippen LogP contribution is -2.57. The molecule has 2 heterocycles. The van der Waals surface area contributed by atoms with E-state index in [9.17, 15) is 9.59 Å². The molecule has 2 aliphatic carbocycles. The Morgan fingerprint density at radius 3 is 2.77 bits per heavy atom. The van der Waals surface area contributed by atoms with Crippen molar-refractivity contribution in [2.24, 2.45) is 5.92 Å². The Balaban J connectivity index is 1.49. The van der Waals surface area contributed by atoms with Crippen LogP contribution in [0.2, 0.25) is 0 Å². The van der Waals surface area contributed by atoms with E-state index < -0.39 is 5.54 Å². The van der Waals surface area contributed by atoms with Crippen molar-refractivity contribution in [3.8, 4) is 5.82 Å². The minimum atomic E-state index is -0.803. The van der Waals surface area contributed by atoms with E-state index in [1.165, 1.54) is 30.2 Å². The number of rotatable bonds is 6. The molecule has 2 N–H and O–H groups in total. The third-order valence-corrected chi connectivity index (χ3v) is 5.15. The van der Waals surface area contributed by atoms with Crippen LogP contribution in [0.15, 0.2) is 31.0 Å². The Kier molecular flexibility index (Phi) is 4.40. The molecule has 0 unspecified atom stereocenters. The molecule has 2 saturated carbocycles. The molecule has 0 radical (unpaired) electrons. The van der Waals surface area contributed by atoms with Gasteiger partial charge in [0.15, 0.2) is 5.82 Å². The van der Waals surface area contributed by atoms with Gasteiger partial charge in [-0.25, -0.2) is 14.6 Å².